The SMILES string of the molecule is CCOC(=O)COCCCCC1=CCC/C1=N\OC. The van der Waals surface area contributed by atoms with Gasteiger partial charge in [0.05, 0.1) is 12.3 Å². The van der Waals surface area contributed by atoms with Crippen LogP contribution in [0.25, 0.3) is 0 Å². The summed E-state index contributed by atoms with van der Waals surface area (Å²) in [7, 11) is 1.58. The second kappa shape index (κ2) is 9.55. The Morgan fingerprint density at radius 3 is 3.00 bits per heavy atom. The van der Waals surface area contributed by atoms with Crippen LogP contribution in [0.2, 0.25) is 0 Å². The molecule has 0 saturated heterocycles. The average Bonchev–Trinajstić information content (AvgIpc) is 2.82. The lowest BCUT2D eigenvalue weighted by Crippen LogP contribution is -2.12. The maximum absolute atomic E-state index is 11.0. The fourth-order valence-corrected chi connectivity index (χ4v) is 2.00. The number of rotatable bonds is 9. The lowest BCUT2D eigenvalue weighted by Gasteiger charge is -2.05. The highest BCUT2D eigenvalue weighted by molar-refractivity contribution is 6.01. The number of hydrogen-bond donors (Lipinski definition) is 0. The number of ether oxygens (including phenoxy) is 2. The van der Waals surface area contributed by atoms with Gasteiger partial charge >= 0.3 is 5.97 Å². The van der Waals surface area contributed by atoms with E-state index in [0.29, 0.717) is 13.2 Å². The zero-order valence-electron chi connectivity index (χ0n) is 11.8. The van der Waals surface area contributed by atoms with Crippen LogP contribution in [0.1, 0.15) is 39.0 Å². The van der Waals surface area contributed by atoms with Gasteiger partial charge in [0.1, 0.15) is 13.7 Å². The summed E-state index contributed by atoms with van der Waals surface area (Å²) < 4.78 is 10.0. The third kappa shape index (κ3) is 6.38. The Morgan fingerprint density at radius 1 is 1.42 bits per heavy atom. The Labute approximate surface area is 114 Å². The predicted molar refractivity (Wildman–Crippen MR) is 73.1 cm³/mol. The van der Waals surface area contributed by atoms with Crippen molar-refractivity contribution in [2.75, 3.05) is 26.9 Å². The van der Waals surface area contributed by atoms with Crippen LogP contribution in [-0.4, -0.2) is 38.6 Å². The molecule has 1 aliphatic carbocycles. The number of oxime groups is 1. The summed E-state index contributed by atoms with van der Waals surface area (Å²) in [6, 6.07) is 0. The van der Waals surface area contributed by atoms with E-state index < -0.39 is 0 Å². The van der Waals surface area contributed by atoms with E-state index in [9.17, 15) is 4.79 Å². The van der Waals surface area contributed by atoms with E-state index in [1.165, 1.54) is 5.57 Å². The standard InChI is InChI=1S/C14H23NO4/c1-3-19-14(16)11-18-10-5-4-7-12-8-6-9-13(12)15-17-2/h8H,3-7,9-11H2,1-2H3/b15-13+. The molecule has 0 bridgehead atoms. The minimum Gasteiger partial charge on any atom is -0.464 e. The first-order valence-corrected chi connectivity index (χ1v) is 6.80. The van der Waals surface area contributed by atoms with Crippen LogP contribution in [-0.2, 0) is 19.1 Å². The van der Waals surface area contributed by atoms with Crippen LogP contribution < -0.4 is 0 Å². The molecule has 1 aliphatic rings. The normalized spacial score (nSPS) is 16.5. The summed E-state index contributed by atoms with van der Waals surface area (Å²) in [5, 5.41) is 4.02. The van der Waals surface area contributed by atoms with Crippen molar-refractivity contribution in [3.05, 3.63) is 11.6 Å². The fraction of sp³-hybridized carbons (Fsp3) is 0.714. The van der Waals surface area contributed by atoms with Crippen molar-refractivity contribution in [3.8, 4) is 0 Å². The van der Waals surface area contributed by atoms with Crippen molar-refractivity contribution in [1.82, 2.24) is 0 Å². The molecule has 0 amide bonds. The molecular formula is C14H23NO4. The van der Waals surface area contributed by atoms with E-state index in [-0.39, 0.29) is 12.6 Å². The first-order valence-electron chi connectivity index (χ1n) is 6.80. The van der Waals surface area contributed by atoms with E-state index in [4.69, 9.17) is 14.3 Å². The number of esters is 1. The smallest absolute Gasteiger partial charge is 0.332 e. The summed E-state index contributed by atoms with van der Waals surface area (Å²) in [6.07, 6.45) is 7.19. The Hall–Kier alpha value is -1.36. The summed E-state index contributed by atoms with van der Waals surface area (Å²) in [5.74, 6) is -0.296. The number of carbonyl (C=O) groups is 1. The van der Waals surface area contributed by atoms with Crippen LogP contribution in [0.4, 0.5) is 0 Å². The van der Waals surface area contributed by atoms with Crippen molar-refractivity contribution < 1.29 is 19.1 Å². The van der Waals surface area contributed by atoms with Gasteiger partial charge in [-0.3, -0.25) is 0 Å². The molecule has 0 aromatic carbocycles. The molecule has 0 radical (unpaired) electrons. The van der Waals surface area contributed by atoms with E-state index in [1.54, 1.807) is 14.0 Å². The third-order valence-electron chi connectivity index (χ3n) is 2.85. The second-order valence-electron chi connectivity index (χ2n) is 4.30. The summed E-state index contributed by atoms with van der Waals surface area (Å²) in [4.78, 5) is 15.8. The van der Waals surface area contributed by atoms with Crippen molar-refractivity contribution in [2.24, 2.45) is 5.16 Å². The van der Waals surface area contributed by atoms with Crippen molar-refractivity contribution in [1.29, 1.82) is 0 Å². The highest BCUT2D eigenvalue weighted by atomic mass is 16.6. The van der Waals surface area contributed by atoms with Crippen LogP contribution >= 0.6 is 0 Å². The topological polar surface area (TPSA) is 57.1 Å². The van der Waals surface area contributed by atoms with Gasteiger partial charge in [-0.25, -0.2) is 4.79 Å². The molecule has 0 spiro atoms. The number of allylic oxidation sites excluding steroid dienone is 2. The molecule has 0 aliphatic heterocycles. The van der Waals surface area contributed by atoms with Gasteiger partial charge < -0.3 is 14.3 Å². The number of hydrogen-bond acceptors (Lipinski definition) is 5. The molecular weight excluding hydrogens is 246 g/mol. The first kappa shape index (κ1) is 15.7. The Balaban J connectivity index is 2.05. The van der Waals surface area contributed by atoms with Crippen molar-refractivity contribution in [2.45, 2.75) is 39.0 Å². The zero-order chi connectivity index (χ0) is 13.9. The van der Waals surface area contributed by atoms with Crippen LogP contribution in [0.5, 0.6) is 0 Å². The molecule has 5 nitrogen and oxygen atoms in total. The summed E-state index contributed by atoms with van der Waals surface area (Å²) in [6.45, 7) is 2.82. The highest BCUT2D eigenvalue weighted by Gasteiger charge is 2.13. The van der Waals surface area contributed by atoms with Gasteiger partial charge in [-0.05, 0) is 44.6 Å². The monoisotopic (exact) mass is 269 g/mol. The lowest BCUT2D eigenvalue weighted by molar-refractivity contribution is -0.148. The second-order valence-corrected chi connectivity index (χ2v) is 4.30. The molecule has 0 aromatic rings. The molecule has 0 atom stereocenters. The predicted octanol–water partition coefficient (Wildman–Crippen LogP) is 2.46. The quantitative estimate of drug-likeness (QED) is 0.366. The minimum absolute atomic E-state index is 0.0485. The maximum Gasteiger partial charge on any atom is 0.332 e. The zero-order valence-corrected chi connectivity index (χ0v) is 11.8. The molecule has 0 aromatic heterocycles. The number of carbonyl (C=O) groups excluding carboxylic acids is 1. The van der Waals surface area contributed by atoms with E-state index >= 15 is 0 Å². The van der Waals surface area contributed by atoms with E-state index in [1.807, 2.05) is 0 Å². The van der Waals surface area contributed by atoms with Crippen molar-refractivity contribution in [3.63, 3.8) is 0 Å². The molecule has 0 fully saturated rings. The molecule has 0 saturated carbocycles. The van der Waals surface area contributed by atoms with Gasteiger partial charge in [-0.2, -0.15) is 0 Å². The van der Waals surface area contributed by atoms with Crippen molar-refractivity contribution >= 4 is 11.7 Å². The molecule has 0 N–H and O–H groups in total. The first-order chi connectivity index (χ1) is 9.27. The molecule has 108 valence electrons. The average molecular weight is 269 g/mol. The highest BCUT2D eigenvalue weighted by Crippen LogP contribution is 2.20. The van der Waals surface area contributed by atoms with Crippen LogP contribution in [0, 0.1) is 0 Å². The Kier molecular flexibility index (Phi) is 7.89. The minimum atomic E-state index is -0.296. The van der Waals surface area contributed by atoms with E-state index in [0.717, 1.165) is 37.8 Å². The number of nitrogens with zero attached hydrogens (tertiary/aromatic N) is 1. The van der Waals surface area contributed by atoms with Gasteiger partial charge in [0.25, 0.3) is 0 Å². The fourth-order valence-electron chi connectivity index (χ4n) is 2.00. The van der Waals surface area contributed by atoms with Crippen LogP contribution in [0.3, 0.4) is 0 Å². The van der Waals surface area contributed by atoms with Gasteiger partial charge in [0.15, 0.2) is 0 Å². The van der Waals surface area contributed by atoms with Gasteiger partial charge in [-0.1, -0.05) is 11.2 Å². The summed E-state index contributed by atoms with van der Waals surface area (Å²) >= 11 is 0. The molecule has 5 heteroatoms. The Morgan fingerprint density at radius 2 is 2.26 bits per heavy atom. The molecule has 19 heavy (non-hydrogen) atoms. The third-order valence-corrected chi connectivity index (χ3v) is 2.85. The number of unbranched alkanes of at least 4 members (excludes halogenated alkanes) is 1. The largest absolute Gasteiger partial charge is 0.464 e. The van der Waals surface area contributed by atoms with Gasteiger partial charge in [0.2, 0.25) is 0 Å². The molecule has 1 rings (SSSR count). The lowest BCUT2D eigenvalue weighted by atomic mass is 10.1. The van der Waals surface area contributed by atoms with Crippen LogP contribution in [0.15, 0.2) is 16.8 Å². The van der Waals surface area contributed by atoms with Gasteiger partial charge in [0, 0.05) is 6.61 Å². The molecule has 0 heterocycles. The van der Waals surface area contributed by atoms with Gasteiger partial charge in [-0.15, -0.1) is 0 Å². The van der Waals surface area contributed by atoms with E-state index in [2.05, 4.69) is 11.2 Å². The maximum atomic E-state index is 11.0. The summed E-state index contributed by atoms with van der Waals surface area (Å²) in [5.41, 5.74) is 2.35. The molecule has 0 unspecified atom stereocenters. The Bertz CT molecular complexity index is 336.